The Morgan fingerprint density at radius 2 is 1.72 bits per heavy atom. The summed E-state index contributed by atoms with van der Waals surface area (Å²) in [5, 5.41) is 6.50. The minimum Gasteiger partial charge on any atom is -0.335 e. The molecule has 0 bridgehead atoms. The van der Waals surface area contributed by atoms with E-state index in [0.29, 0.717) is 6.54 Å². The van der Waals surface area contributed by atoms with Gasteiger partial charge in [0.1, 0.15) is 4.83 Å². The predicted octanol–water partition coefficient (Wildman–Crippen LogP) is 3.96. The normalized spacial score (nSPS) is 18.1. The molecule has 0 unspecified atom stereocenters. The third-order valence-electron chi connectivity index (χ3n) is 6.69. The van der Waals surface area contributed by atoms with Gasteiger partial charge in [-0.05, 0) is 50.6 Å². The smallest absolute Gasteiger partial charge is 0.264 e. The molecule has 2 aromatic heterocycles. The number of likely N-dealkylation sites (tertiary alicyclic amines) is 1. The van der Waals surface area contributed by atoms with Gasteiger partial charge in [-0.2, -0.15) is 5.10 Å². The number of amides is 1. The second kappa shape index (κ2) is 9.51. The lowest BCUT2D eigenvalue weighted by Gasteiger charge is -2.35. The Bertz CT molecular complexity index is 1100. The van der Waals surface area contributed by atoms with E-state index in [1.165, 1.54) is 25.9 Å². The molecule has 2 saturated heterocycles. The Hall–Kier alpha value is -1.93. The highest BCUT2D eigenvalue weighted by atomic mass is 35.5. The molecule has 32 heavy (non-hydrogen) atoms. The monoisotopic (exact) mass is 471 g/mol. The van der Waals surface area contributed by atoms with Crippen molar-refractivity contribution in [2.45, 2.75) is 26.3 Å². The molecule has 2 aliphatic rings. The number of carbonyl (C=O) groups is 1. The first-order valence-electron chi connectivity index (χ1n) is 11.5. The quantitative estimate of drug-likeness (QED) is 0.545. The fraction of sp³-hybridized carbons (Fsp3) is 0.500. The van der Waals surface area contributed by atoms with Crippen molar-refractivity contribution in [2.75, 3.05) is 52.4 Å². The first kappa shape index (κ1) is 21.9. The summed E-state index contributed by atoms with van der Waals surface area (Å²) < 4.78 is 1.98. The summed E-state index contributed by atoms with van der Waals surface area (Å²) in [6, 6.07) is 9.87. The van der Waals surface area contributed by atoms with Crippen molar-refractivity contribution in [2.24, 2.45) is 0 Å². The third kappa shape index (κ3) is 4.57. The molecule has 0 saturated carbocycles. The molecule has 0 aliphatic carbocycles. The van der Waals surface area contributed by atoms with Crippen molar-refractivity contribution in [3.05, 3.63) is 51.5 Å². The number of hydrogen-bond donors (Lipinski definition) is 0. The maximum absolute atomic E-state index is 13.2. The summed E-state index contributed by atoms with van der Waals surface area (Å²) in [7, 11) is 0. The maximum Gasteiger partial charge on any atom is 0.264 e. The van der Waals surface area contributed by atoms with E-state index < -0.39 is 0 Å². The molecular formula is C24H30ClN5OS. The van der Waals surface area contributed by atoms with Crippen LogP contribution in [0.5, 0.6) is 0 Å². The molecule has 0 radical (unpaired) electrons. The van der Waals surface area contributed by atoms with E-state index in [1.807, 2.05) is 46.8 Å². The zero-order valence-corrected chi connectivity index (χ0v) is 20.2. The lowest BCUT2D eigenvalue weighted by atomic mass is 10.2. The zero-order valence-electron chi connectivity index (χ0n) is 18.6. The fourth-order valence-electron chi connectivity index (χ4n) is 4.73. The number of fused-ring (bicyclic) bond motifs is 1. The molecule has 3 aromatic rings. The van der Waals surface area contributed by atoms with Crippen LogP contribution in [0.1, 0.15) is 33.8 Å². The van der Waals surface area contributed by atoms with Crippen LogP contribution in [0.2, 0.25) is 5.02 Å². The van der Waals surface area contributed by atoms with E-state index >= 15 is 0 Å². The number of halogens is 1. The van der Waals surface area contributed by atoms with Crippen molar-refractivity contribution in [3.8, 4) is 0 Å². The number of piperazine rings is 1. The fourth-order valence-corrected chi connectivity index (χ4v) is 6.06. The molecule has 2 aliphatic heterocycles. The zero-order chi connectivity index (χ0) is 22.1. The number of nitrogens with zero attached hydrogens (tertiary/aromatic N) is 5. The van der Waals surface area contributed by atoms with Gasteiger partial charge in [0.2, 0.25) is 0 Å². The van der Waals surface area contributed by atoms with Gasteiger partial charge in [0.15, 0.2) is 0 Å². The number of hydrogen-bond acceptors (Lipinski definition) is 5. The number of aryl methyl sites for hydroxylation is 1. The minimum atomic E-state index is 0.147. The second-order valence-corrected chi connectivity index (χ2v) is 10.3. The van der Waals surface area contributed by atoms with E-state index in [0.717, 1.165) is 70.6 Å². The lowest BCUT2D eigenvalue weighted by molar-refractivity contribution is 0.0631. The molecule has 5 rings (SSSR count). The van der Waals surface area contributed by atoms with Crippen LogP contribution in [0.15, 0.2) is 30.3 Å². The largest absolute Gasteiger partial charge is 0.335 e. The lowest BCUT2D eigenvalue weighted by Crippen LogP contribution is -2.50. The van der Waals surface area contributed by atoms with Gasteiger partial charge in [0.25, 0.3) is 5.91 Å². The van der Waals surface area contributed by atoms with Crippen LogP contribution in [-0.2, 0) is 6.54 Å². The topological polar surface area (TPSA) is 44.6 Å². The number of aromatic nitrogens is 2. The summed E-state index contributed by atoms with van der Waals surface area (Å²) in [6.45, 7) is 10.9. The highest BCUT2D eigenvalue weighted by molar-refractivity contribution is 7.20. The number of thiophene rings is 1. The first-order chi connectivity index (χ1) is 15.6. The molecule has 6 nitrogen and oxygen atoms in total. The average molecular weight is 472 g/mol. The van der Waals surface area contributed by atoms with E-state index in [4.69, 9.17) is 16.7 Å². The molecule has 4 heterocycles. The van der Waals surface area contributed by atoms with Gasteiger partial charge in [-0.1, -0.05) is 29.8 Å². The molecule has 8 heteroatoms. The van der Waals surface area contributed by atoms with E-state index in [9.17, 15) is 4.79 Å². The Balaban J connectivity index is 1.24. The Kier molecular flexibility index (Phi) is 6.51. The van der Waals surface area contributed by atoms with Gasteiger partial charge < -0.3 is 9.80 Å². The second-order valence-electron chi connectivity index (χ2n) is 8.85. The van der Waals surface area contributed by atoms with Gasteiger partial charge in [-0.25, -0.2) is 0 Å². The summed E-state index contributed by atoms with van der Waals surface area (Å²) >= 11 is 7.90. The molecule has 2 fully saturated rings. The molecule has 0 atom stereocenters. The van der Waals surface area contributed by atoms with Gasteiger partial charge >= 0.3 is 0 Å². The summed E-state index contributed by atoms with van der Waals surface area (Å²) in [5.74, 6) is 0.147. The summed E-state index contributed by atoms with van der Waals surface area (Å²) in [6.07, 6.45) is 2.68. The van der Waals surface area contributed by atoms with Crippen molar-refractivity contribution in [1.82, 2.24) is 24.5 Å². The van der Waals surface area contributed by atoms with E-state index in [-0.39, 0.29) is 5.91 Å². The number of benzene rings is 1. The number of rotatable bonds is 6. The van der Waals surface area contributed by atoms with Crippen LogP contribution in [0.4, 0.5) is 0 Å². The standard InChI is InChI=1S/C24H30ClN5OS/c1-18-20-16-22(32-24(20)30(26-18)17-19-6-2-3-7-21(19)25)23(31)29-14-12-28(13-15-29)11-10-27-8-4-5-9-27/h2-3,6-7,16H,4-5,8-15,17H2,1H3. The van der Waals surface area contributed by atoms with E-state index in [1.54, 1.807) is 11.3 Å². The maximum atomic E-state index is 13.2. The molecule has 1 amide bonds. The van der Waals surface area contributed by atoms with Gasteiger partial charge in [-0.15, -0.1) is 11.3 Å². The van der Waals surface area contributed by atoms with Crippen molar-refractivity contribution in [3.63, 3.8) is 0 Å². The molecule has 0 spiro atoms. The Morgan fingerprint density at radius 3 is 2.44 bits per heavy atom. The molecule has 1 aromatic carbocycles. The van der Waals surface area contributed by atoms with E-state index in [2.05, 4.69) is 9.80 Å². The van der Waals surface area contributed by atoms with Gasteiger partial charge in [-0.3, -0.25) is 14.4 Å². The van der Waals surface area contributed by atoms with Crippen LogP contribution in [-0.4, -0.2) is 82.7 Å². The molecule has 0 N–H and O–H groups in total. The Labute approximate surface area is 198 Å². The molecule has 170 valence electrons. The van der Waals surface area contributed by atoms with Crippen LogP contribution >= 0.6 is 22.9 Å². The van der Waals surface area contributed by atoms with Crippen LogP contribution < -0.4 is 0 Å². The van der Waals surface area contributed by atoms with Crippen molar-refractivity contribution in [1.29, 1.82) is 0 Å². The summed E-state index contributed by atoms with van der Waals surface area (Å²) in [5.41, 5.74) is 1.99. The predicted molar refractivity (Wildman–Crippen MR) is 131 cm³/mol. The van der Waals surface area contributed by atoms with Gasteiger partial charge in [0.05, 0.1) is 17.1 Å². The van der Waals surface area contributed by atoms with Crippen LogP contribution in [0.3, 0.4) is 0 Å². The van der Waals surface area contributed by atoms with Crippen molar-refractivity contribution >= 4 is 39.1 Å². The first-order valence-corrected chi connectivity index (χ1v) is 12.7. The highest BCUT2D eigenvalue weighted by Crippen LogP contribution is 2.30. The third-order valence-corrected chi connectivity index (χ3v) is 8.19. The average Bonchev–Trinajstić information content (AvgIpc) is 3.53. The number of carbonyl (C=O) groups excluding carboxylic acids is 1. The van der Waals surface area contributed by atoms with Crippen molar-refractivity contribution < 1.29 is 4.79 Å². The molecular weight excluding hydrogens is 442 g/mol. The summed E-state index contributed by atoms with van der Waals surface area (Å²) in [4.78, 5) is 22.1. The van der Waals surface area contributed by atoms with Crippen LogP contribution in [0, 0.1) is 6.92 Å². The minimum absolute atomic E-state index is 0.147. The highest BCUT2D eigenvalue weighted by Gasteiger charge is 2.25. The SMILES string of the molecule is Cc1nn(Cc2ccccc2Cl)c2sc(C(=O)N3CCN(CCN4CCCC4)CC3)cc12. The Morgan fingerprint density at radius 1 is 1.03 bits per heavy atom. The van der Waals surface area contributed by atoms with Gasteiger partial charge in [0, 0.05) is 49.7 Å². The van der Waals surface area contributed by atoms with Crippen LogP contribution in [0.25, 0.3) is 10.2 Å².